The van der Waals surface area contributed by atoms with E-state index in [1.807, 2.05) is 4.68 Å². The predicted octanol–water partition coefficient (Wildman–Crippen LogP) is 2.53. The van der Waals surface area contributed by atoms with Crippen LogP contribution in [-0.4, -0.2) is 20.3 Å². The van der Waals surface area contributed by atoms with Gasteiger partial charge in [-0.1, -0.05) is 19.8 Å². The zero-order chi connectivity index (χ0) is 13.0. The standard InChI is InChI=1S/C14H26N4/c1-3-5-12-6-8-14(15,9-7-12)10-13-16-11-17-18(13)4-2/h11-12H,3-10,15H2,1-2H3. The molecule has 1 heterocycles. The second kappa shape index (κ2) is 5.83. The first-order valence-electron chi connectivity index (χ1n) is 7.32. The fourth-order valence-electron chi connectivity index (χ4n) is 3.13. The molecule has 0 radical (unpaired) electrons. The summed E-state index contributed by atoms with van der Waals surface area (Å²) in [6, 6.07) is 0. The van der Waals surface area contributed by atoms with Crippen LogP contribution in [0.4, 0.5) is 0 Å². The van der Waals surface area contributed by atoms with Gasteiger partial charge in [-0.3, -0.25) is 4.68 Å². The monoisotopic (exact) mass is 250 g/mol. The van der Waals surface area contributed by atoms with Crippen molar-refractivity contribution in [1.29, 1.82) is 0 Å². The number of aryl methyl sites for hydroxylation is 1. The molecule has 0 aromatic carbocycles. The molecule has 4 heteroatoms. The van der Waals surface area contributed by atoms with E-state index < -0.39 is 0 Å². The number of rotatable bonds is 5. The second-order valence-electron chi connectivity index (χ2n) is 5.76. The Labute approximate surface area is 110 Å². The molecule has 0 aliphatic heterocycles. The summed E-state index contributed by atoms with van der Waals surface area (Å²) in [7, 11) is 0. The Hall–Kier alpha value is -0.900. The lowest BCUT2D eigenvalue weighted by Gasteiger charge is -2.37. The first kappa shape index (κ1) is 13.5. The van der Waals surface area contributed by atoms with E-state index in [0.717, 1.165) is 37.5 Å². The Morgan fingerprint density at radius 3 is 2.72 bits per heavy atom. The maximum atomic E-state index is 6.55. The molecule has 2 rings (SSSR count). The molecule has 1 saturated carbocycles. The summed E-state index contributed by atoms with van der Waals surface area (Å²) in [6.07, 6.45) is 10.0. The van der Waals surface area contributed by atoms with E-state index in [1.54, 1.807) is 6.33 Å². The molecule has 0 amide bonds. The molecule has 0 unspecified atom stereocenters. The van der Waals surface area contributed by atoms with E-state index in [1.165, 1.54) is 25.7 Å². The van der Waals surface area contributed by atoms with Crippen LogP contribution in [0.5, 0.6) is 0 Å². The van der Waals surface area contributed by atoms with Crippen LogP contribution in [0.25, 0.3) is 0 Å². The summed E-state index contributed by atoms with van der Waals surface area (Å²) < 4.78 is 1.97. The number of hydrogen-bond donors (Lipinski definition) is 1. The minimum Gasteiger partial charge on any atom is -0.325 e. The number of hydrogen-bond acceptors (Lipinski definition) is 3. The first-order chi connectivity index (χ1) is 8.67. The van der Waals surface area contributed by atoms with Gasteiger partial charge in [0.1, 0.15) is 12.2 Å². The van der Waals surface area contributed by atoms with Crippen molar-refractivity contribution >= 4 is 0 Å². The van der Waals surface area contributed by atoms with Crippen molar-refractivity contribution in [2.45, 2.75) is 70.9 Å². The molecular formula is C14H26N4. The maximum Gasteiger partial charge on any atom is 0.138 e. The Bertz CT molecular complexity index is 364. The van der Waals surface area contributed by atoms with Gasteiger partial charge in [0.2, 0.25) is 0 Å². The van der Waals surface area contributed by atoms with Crippen molar-refractivity contribution in [3.05, 3.63) is 12.2 Å². The second-order valence-corrected chi connectivity index (χ2v) is 5.76. The Morgan fingerprint density at radius 1 is 1.39 bits per heavy atom. The van der Waals surface area contributed by atoms with Gasteiger partial charge in [0.25, 0.3) is 0 Å². The minimum absolute atomic E-state index is 0.0514. The molecule has 102 valence electrons. The maximum absolute atomic E-state index is 6.55. The Morgan fingerprint density at radius 2 is 2.11 bits per heavy atom. The van der Waals surface area contributed by atoms with Crippen molar-refractivity contribution in [1.82, 2.24) is 14.8 Å². The van der Waals surface area contributed by atoms with E-state index in [9.17, 15) is 0 Å². The van der Waals surface area contributed by atoms with Crippen molar-refractivity contribution in [2.24, 2.45) is 11.7 Å². The van der Waals surface area contributed by atoms with Crippen LogP contribution in [0.3, 0.4) is 0 Å². The highest BCUT2D eigenvalue weighted by molar-refractivity contribution is 4.99. The topological polar surface area (TPSA) is 56.7 Å². The van der Waals surface area contributed by atoms with Crippen LogP contribution < -0.4 is 5.73 Å². The SMILES string of the molecule is CCCC1CCC(N)(Cc2ncnn2CC)CC1. The van der Waals surface area contributed by atoms with Gasteiger partial charge >= 0.3 is 0 Å². The van der Waals surface area contributed by atoms with Crippen LogP contribution in [0.2, 0.25) is 0 Å². The highest BCUT2D eigenvalue weighted by Crippen LogP contribution is 2.34. The fraction of sp³-hybridized carbons (Fsp3) is 0.857. The van der Waals surface area contributed by atoms with Gasteiger partial charge in [0.05, 0.1) is 0 Å². The Balaban J connectivity index is 1.93. The zero-order valence-electron chi connectivity index (χ0n) is 11.7. The molecule has 1 aliphatic rings. The fourth-order valence-corrected chi connectivity index (χ4v) is 3.13. The molecule has 1 fully saturated rings. The zero-order valence-corrected chi connectivity index (χ0v) is 11.7. The molecule has 18 heavy (non-hydrogen) atoms. The van der Waals surface area contributed by atoms with Crippen molar-refractivity contribution in [2.75, 3.05) is 0 Å². The van der Waals surface area contributed by atoms with Crippen molar-refractivity contribution < 1.29 is 0 Å². The van der Waals surface area contributed by atoms with Gasteiger partial charge in [0, 0.05) is 18.5 Å². The number of aromatic nitrogens is 3. The normalized spacial score (nSPS) is 28.5. The molecule has 1 aliphatic carbocycles. The van der Waals surface area contributed by atoms with Crippen LogP contribution in [0.1, 0.15) is 58.2 Å². The predicted molar refractivity (Wildman–Crippen MR) is 73.2 cm³/mol. The van der Waals surface area contributed by atoms with Gasteiger partial charge in [-0.05, 0) is 38.5 Å². The summed E-state index contributed by atoms with van der Waals surface area (Å²) in [6.45, 7) is 5.25. The molecule has 1 aromatic rings. The summed E-state index contributed by atoms with van der Waals surface area (Å²) in [4.78, 5) is 4.35. The summed E-state index contributed by atoms with van der Waals surface area (Å²) in [5, 5.41) is 4.23. The molecule has 0 atom stereocenters. The van der Waals surface area contributed by atoms with Crippen LogP contribution in [-0.2, 0) is 13.0 Å². The average Bonchev–Trinajstić information content (AvgIpc) is 2.79. The molecule has 0 bridgehead atoms. The molecule has 0 saturated heterocycles. The molecule has 0 spiro atoms. The quantitative estimate of drug-likeness (QED) is 0.873. The van der Waals surface area contributed by atoms with Gasteiger partial charge < -0.3 is 5.73 Å². The third-order valence-electron chi connectivity index (χ3n) is 4.30. The largest absolute Gasteiger partial charge is 0.325 e. The average molecular weight is 250 g/mol. The minimum atomic E-state index is -0.0514. The smallest absolute Gasteiger partial charge is 0.138 e. The van der Waals surface area contributed by atoms with Crippen molar-refractivity contribution in [3.63, 3.8) is 0 Å². The lowest BCUT2D eigenvalue weighted by Crippen LogP contribution is -2.46. The van der Waals surface area contributed by atoms with Gasteiger partial charge in [-0.15, -0.1) is 0 Å². The third kappa shape index (κ3) is 3.10. The summed E-state index contributed by atoms with van der Waals surface area (Å²) in [5.41, 5.74) is 6.50. The lowest BCUT2D eigenvalue weighted by atomic mass is 9.74. The summed E-state index contributed by atoms with van der Waals surface area (Å²) in [5.74, 6) is 1.95. The van der Waals surface area contributed by atoms with E-state index in [0.29, 0.717) is 0 Å². The third-order valence-corrected chi connectivity index (χ3v) is 4.30. The van der Waals surface area contributed by atoms with E-state index >= 15 is 0 Å². The van der Waals surface area contributed by atoms with E-state index in [-0.39, 0.29) is 5.54 Å². The van der Waals surface area contributed by atoms with Gasteiger partial charge in [-0.25, -0.2) is 4.98 Å². The molecule has 4 nitrogen and oxygen atoms in total. The highest BCUT2D eigenvalue weighted by atomic mass is 15.3. The van der Waals surface area contributed by atoms with E-state index in [2.05, 4.69) is 23.9 Å². The lowest BCUT2D eigenvalue weighted by molar-refractivity contribution is 0.219. The summed E-state index contributed by atoms with van der Waals surface area (Å²) >= 11 is 0. The van der Waals surface area contributed by atoms with Gasteiger partial charge in [-0.2, -0.15) is 5.10 Å². The number of nitrogens with zero attached hydrogens (tertiary/aromatic N) is 3. The molecule has 1 aromatic heterocycles. The Kier molecular flexibility index (Phi) is 4.38. The first-order valence-corrected chi connectivity index (χ1v) is 7.32. The molecule has 2 N–H and O–H groups in total. The number of nitrogens with two attached hydrogens (primary N) is 1. The van der Waals surface area contributed by atoms with Crippen LogP contribution in [0.15, 0.2) is 6.33 Å². The van der Waals surface area contributed by atoms with Crippen LogP contribution >= 0.6 is 0 Å². The highest BCUT2D eigenvalue weighted by Gasteiger charge is 2.32. The van der Waals surface area contributed by atoms with Gasteiger partial charge in [0.15, 0.2) is 0 Å². The van der Waals surface area contributed by atoms with Crippen LogP contribution in [0, 0.1) is 5.92 Å². The molecular weight excluding hydrogens is 224 g/mol. The van der Waals surface area contributed by atoms with E-state index in [4.69, 9.17) is 5.73 Å². The van der Waals surface area contributed by atoms with Crippen molar-refractivity contribution in [3.8, 4) is 0 Å².